The SMILES string of the molecule is NC1(CNc2ccc([N+](=O)[O-])c(I)c2)CCC1. The molecule has 0 aromatic heterocycles. The summed E-state index contributed by atoms with van der Waals surface area (Å²) in [5, 5.41) is 13.9. The van der Waals surface area contributed by atoms with Crippen LogP contribution in [0.15, 0.2) is 18.2 Å². The van der Waals surface area contributed by atoms with Crippen LogP contribution in [0.3, 0.4) is 0 Å². The van der Waals surface area contributed by atoms with E-state index in [1.807, 2.05) is 22.6 Å². The summed E-state index contributed by atoms with van der Waals surface area (Å²) in [6, 6.07) is 5.02. The second-order valence-corrected chi connectivity index (χ2v) is 5.65. The Morgan fingerprint density at radius 2 is 2.24 bits per heavy atom. The van der Waals surface area contributed by atoms with Gasteiger partial charge in [-0.1, -0.05) is 0 Å². The molecule has 3 N–H and O–H groups in total. The first-order valence-electron chi connectivity index (χ1n) is 5.47. The molecule has 5 nitrogen and oxygen atoms in total. The zero-order chi connectivity index (χ0) is 12.5. The molecular weight excluding hydrogens is 333 g/mol. The largest absolute Gasteiger partial charge is 0.383 e. The van der Waals surface area contributed by atoms with Gasteiger partial charge in [-0.15, -0.1) is 0 Å². The molecule has 0 amide bonds. The third-order valence-corrected chi connectivity index (χ3v) is 4.00. The molecule has 1 saturated carbocycles. The van der Waals surface area contributed by atoms with Crippen LogP contribution in [0.4, 0.5) is 11.4 Å². The summed E-state index contributed by atoms with van der Waals surface area (Å²) in [6.45, 7) is 0.723. The second kappa shape index (κ2) is 4.77. The monoisotopic (exact) mass is 347 g/mol. The molecule has 0 aliphatic heterocycles. The van der Waals surface area contributed by atoms with Crippen molar-refractivity contribution in [2.45, 2.75) is 24.8 Å². The molecule has 0 atom stereocenters. The molecule has 1 aromatic rings. The number of hydrogen-bond acceptors (Lipinski definition) is 4. The zero-order valence-corrected chi connectivity index (χ0v) is 11.4. The standard InChI is InChI=1S/C11H14IN3O2/c12-9-6-8(2-3-10(9)15(16)17)14-7-11(13)4-1-5-11/h2-3,6,14H,1,4-5,7,13H2. The van der Waals surface area contributed by atoms with Crippen LogP contribution in [-0.2, 0) is 0 Å². The lowest BCUT2D eigenvalue weighted by atomic mass is 9.78. The van der Waals surface area contributed by atoms with Gasteiger partial charge in [-0.2, -0.15) is 0 Å². The minimum atomic E-state index is -0.373. The van der Waals surface area contributed by atoms with Crippen molar-refractivity contribution >= 4 is 34.0 Å². The van der Waals surface area contributed by atoms with Gasteiger partial charge >= 0.3 is 0 Å². The summed E-state index contributed by atoms with van der Waals surface area (Å²) in [5.41, 5.74) is 7.03. The Kier molecular flexibility index (Phi) is 3.53. The molecule has 0 radical (unpaired) electrons. The maximum atomic E-state index is 10.7. The van der Waals surface area contributed by atoms with Crippen LogP contribution in [-0.4, -0.2) is 17.0 Å². The summed E-state index contributed by atoms with van der Waals surface area (Å²) in [4.78, 5) is 10.3. The quantitative estimate of drug-likeness (QED) is 0.498. The number of rotatable bonds is 4. The van der Waals surface area contributed by atoms with Crippen molar-refractivity contribution in [2.75, 3.05) is 11.9 Å². The molecule has 1 aromatic carbocycles. The van der Waals surface area contributed by atoms with Crippen LogP contribution in [0.1, 0.15) is 19.3 Å². The Hall–Kier alpha value is -0.890. The molecule has 92 valence electrons. The van der Waals surface area contributed by atoms with E-state index in [-0.39, 0.29) is 16.1 Å². The average Bonchev–Trinajstić information content (AvgIpc) is 2.23. The van der Waals surface area contributed by atoms with Crippen LogP contribution < -0.4 is 11.1 Å². The molecule has 0 saturated heterocycles. The first-order valence-corrected chi connectivity index (χ1v) is 6.55. The van der Waals surface area contributed by atoms with Crippen molar-refractivity contribution in [1.29, 1.82) is 0 Å². The van der Waals surface area contributed by atoms with Crippen molar-refractivity contribution in [2.24, 2.45) is 5.73 Å². The predicted octanol–water partition coefficient (Wildman–Crippen LogP) is 2.49. The predicted molar refractivity (Wildman–Crippen MR) is 75.1 cm³/mol. The molecule has 2 rings (SSSR count). The van der Waals surface area contributed by atoms with Gasteiger partial charge < -0.3 is 11.1 Å². The zero-order valence-electron chi connectivity index (χ0n) is 9.28. The summed E-state index contributed by atoms with van der Waals surface area (Å²) in [5.74, 6) is 0. The van der Waals surface area contributed by atoms with E-state index in [9.17, 15) is 10.1 Å². The molecule has 0 unspecified atom stereocenters. The molecule has 17 heavy (non-hydrogen) atoms. The molecule has 1 fully saturated rings. The third kappa shape index (κ3) is 2.86. The third-order valence-electron chi connectivity index (χ3n) is 3.14. The molecule has 0 spiro atoms. The molecule has 0 heterocycles. The van der Waals surface area contributed by atoms with Gasteiger partial charge in [0, 0.05) is 23.8 Å². The fourth-order valence-corrected chi connectivity index (χ4v) is 2.56. The van der Waals surface area contributed by atoms with Crippen LogP contribution in [0.25, 0.3) is 0 Å². The minimum absolute atomic E-state index is 0.0901. The summed E-state index contributed by atoms with van der Waals surface area (Å²) in [6.07, 6.45) is 3.28. The molecular formula is C11H14IN3O2. The van der Waals surface area contributed by atoms with E-state index in [1.54, 1.807) is 12.1 Å². The number of halogens is 1. The first kappa shape index (κ1) is 12.6. The maximum Gasteiger partial charge on any atom is 0.282 e. The summed E-state index contributed by atoms with van der Waals surface area (Å²) >= 11 is 1.97. The normalized spacial score (nSPS) is 17.3. The Morgan fingerprint density at radius 3 is 2.71 bits per heavy atom. The van der Waals surface area contributed by atoms with Crippen molar-refractivity contribution in [3.05, 3.63) is 31.9 Å². The van der Waals surface area contributed by atoms with Gasteiger partial charge in [0.2, 0.25) is 0 Å². The maximum absolute atomic E-state index is 10.7. The van der Waals surface area contributed by atoms with Crippen LogP contribution >= 0.6 is 22.6 Å². The Morgan fingerprint density at radius 1 is 1.53 bits per heavy atom. The van der Waals surface area contributed by atoms with Gasteiger partial charge in [0.1, 0.15) is 0 Å². The lowest BCUT2D eigenvalue weighted by Crippen LogP contribution is -2.51. The topological polar surface area (TPSA) is 81.2 Å². The van der Waals surface area contributed by atoms with Crippen molar-refractivity contribution < 1.29 is 4.92 Å². The average molecular weight is 347 g/mol. The van der Waals surface area contributed by atoms with Gasteiger partial charge in [0.05, 0.1) is 8.49 Å². The highest BCUT2D eigenvalue weighted by Crippen LogP contribution is 2.30. The Balaban J connectivity index is 2.02. The molecule has 0 bridgehead atoms. The van der Waals surface area contributed by atoms with Crippen LogP contribution in [0.5, 0.6) is 0 Å². The number of nitrogens with one attached hydrogen (secondary N) is 1. The second-order valence-electron chi connectivity index (χ2n) is 4.49. The molecule has 1 aliphatic rings. The van der Waals surface area contributed by atoms with Gasteiger partial charge in [-0.25, -0.2) is 0 Å². The number of nitro benzene ring substituents is 1. The summed E-state index contributed by atoms with van der Waals surface area (Å²) < 4.78 is 0.636. The van der Waals surface area contributed by atoms with Gasteiger partial charge in [-0.3, -0.25) is 10.1 Å². The highest BCUT2D eigenvalue weighted by atomic mass is 127. The smallest absolute Gasteiger partial charge is 0.282 e. The van der Waals surface area contributed by atoms with Crippen LogP contribution in [0.2, 0.25) is 0 Å². The van der Waals surface area contributed by atoms with E-state index in [4.69, 9.17) is 5.73 Å². The summed E-state index contributed by atoms with van der Waals surface area (Å²) in [7, 11) is 0. The van der Waals surface area contributed by atoms with Gasteiger partial charge in [0.15, 0.2) is 0 Å². The highest BCUT2D eigenvalue weighted by molar-refractivity contribution is 14.1. The highest BCUT2D eigenvalue weighted by Gasteiger charge is 2.32. The Labute approximate surface area is 113 Å². The van der Waals surface area contributed by atoms with E-state index in [0.717, 1.165) is 25.1 Å². The van der Waals surface area contributed by atoms with E-state index >= 15 is 0 Å². The van der Waals surface area contributed by atoms with Crippen LogP contribution in [0, 0.1) is 13.7 Å². The number of nitrogens with two attached hydrogens (primary N) is 1. The number of nitro groups is 1. The fraction of sp³-hybridized carbons (Fsp3) is 0.455. The lowest BCUT2D eigenvalue weighted by molar-refractivity contribution is -0.385. The molecule has 6 heteroatoms. The number of hydrogen-bond donors (Lipinski definition) is 2. The van der Waals surface area contributed by atoms with Gasteiger partial charge in [-0.05, 0) is 54.0 Å². The first-order chi connectivity index (χ1) is 8.00. The van der Waals surface area contributed by atoms with E-state index < -0.39 is 0 Å². The van der Waals surface area contributed by atoms with Gasteiger partial charge in [0.25, 0.3) is 5.69 Å². The lowest BCUT2D eigenvalue weighted by Gasteiger charge is -2.38. The van der Waals surface area contributed by atoms with Crippen molar-refractivity contribution in [1.82, 2.24) is 0 Å². The van der Waals surface area contributed by atoms with Crippen molar-refractivity contribution in [3.8, 4) is 0 Å². The minimum Gasteiger partial charge on any atom is -0.383 e. The number of anilines is 1. The molecule has 1 aliphatic carbocycles. The Bertz CT molecular complexity index is 446. The number of nitrogens with zero attached hydrogens (tertiary/aromatic N) is 1. The van der Waals surface area contributed by atoms with E-state index in [0.29, 0.717) is 3.57 Å². The fourth-order valence-electron chi connectivity index (χ4n) is 1.85. The van der Waals surface area contributed by atoms with E-state index in [1.165, 1.54) is 12.5 Å². The number of benzene rings is 1. The van der Waals surface area contributed by atoms with E-state index in [2.05, 4.69) is 5.32 Å². The van der Waals surface area contributed by atoms with Crippen molar-refractivity contribution in [3.63, 3.8) is 0 Å².